The third-order valence-corrected chi connectivity index (χ3v) is 4.52. The molecule has 1 aliphatic rings. The van der Waals surface area contributed by atoms with Crippen molar-refractivity contribution in [3.8, 4) is 0 Å². The van der Waals surface area contributed by atoms with Crippen molar-refractivity contribution in [1.82, 2.24) is 4.31 Å². The zero-order valence-electron chi connectivity index (χ0n) is 8.10. The first-order valence-electron chi connectivity index (χ1n) is 3.88. The highest BCUT2D eigenvalue weighted by Crippen LogP contribution is 2.34. The van der Waals surface area contributed by atoms with E-state index in [1.807, 2.05) is 0 Å². The summed E-state index contributed by atoms with van der Waals surface area (Å²) in [5.74, 6) is -1.33. The van der Waals surface area contributed by atoms with E-state index in [-0.39, 0.29) is 0 Å². The second-order valence-corrected chi connectivity index (χ2v) is 5.81. The number of esters is 1. The van der Waals surface area contributed by atoms with Crippen molar-refractivity contribution in [2.75, 3.05) is 13.7 Å². The summed E-state index contributed by atoms with van der Waals surface area (Å²) in [6.07, 6.45) is 0. The van der Waals surface area contributed by atoms with Gasteiger partial charge in [-0.15, -0.1) is 0 Å². The van der Waals surface area contributed by atoms with Crippen molar-refractivity contribution < 1.29 is 22.7 Å². The summed E-state index contributed by atoms with van der Waals surface area (Å²) in [6.45, 7) is 2.07. The number of sulfonamides is 1. The standard InChI is InChI=1S/C7H11NO5S/c1-7(2)6(10)8(14(7,11)12)4-5(9)13-3/h4H2,1-3H3. The van der Waals surface area contributed by atoms with Gasteiger partial charge in [0.25, 0.3) is 15.9 Å². The van der Waals surface area contributed by atoms with Crippen LogP contribution in [0.5, 0.6) is 0 Å². The molecule has 0 aromatic rings. The third kappa shape index (κ3) is 1.19. The molecule has 0 unspecified atom stereocenters. The number of rotatable bonds is 2. The molecule has 1 saturated heterocycles. The fourth-order valence-corrected chi connectivity index (χ4v) is 2.57. The molecule has 0 aromatic heterocycles. The second-order valence-electron chi connectivity index (χ2n) is 3.40. The molecule has 6 nitrogen and oxygen atoms in total. The quantitative estimate of drug-likeness (QED) is 0.565. The van der Waals surface area contributed by atoms with Gasteiger partial charge in [0.2, 0.25) is 0 Å². The van der Waals surface area contributed by atoms with Crippen LogP contribution in [0.15, 0.2) is 0 Å². The first-order valence-corrected chi connectivity index (χ1v) is 5.32. The lowest BCUT2D eigenvalue weighted by Gasteiger charge is -2.42. The van der Waals surface area contributed by atoms with Crippen LogP contribution in [-0.2, 0) is 24.3 Å². The Balaban J connectivity index is 2.87. The molecule has 0 bridgehead atoms. The number of carbonyl (C=O) groups excluding carboxylic acids is 2. The average Bonchev–Trinajstić information content (AvgIpc) is 2.12. The van der Waals surface area contributed by atoms with Gasteiger partial charge in [-0.2, -0.15) is 0 Å². The van der Waals surface area contributed by atoms with E-state index in [9.17, 15) is 18.0 Å². The summed E-state index contributed by atoms with van der Waals surface area (Å²) in [6, 6.07) is 0. The van der Waals surface area contributed by atoms with Crippen molar-refractivity contribution in [3.63, 3.8) is 0 Å². The largest absolute Gasteiger partial charge is 0.468 e. The van der Waals surface area contributed by atoms with Gasteiger partial charge >= 0.3 is 5.97 Å². The summed E-state index contributed by atoms with van der Waals surface area (Å²) in [5, 5.41) is 0. The van der Waals surface area contributed by atoms with E-state index in [2.05, 4.69) is 4.74 Å². The molecule has 1 fully saturated rings. The van der Waals surface area contributed by atoms with Crippen LogP contribution in [-0.4, -0.2) is 43.0 Å². The number of hydrogen-bond donors (Lipinski definition) is 0. The van der Waals surface area contributed by atoms with Gasteiger partial charge < -0.3 is 4.74 Å². The lowest BCUT2D eigenvalue weighted by atomic mass is 10.2. The van der Waals surface area contributed by atoms with Crippen molar-refractivity contribution in [2.24, 2.45) is 0 Å². The van der Waals surface area contributed by atoms with Crippen LogP contribution in [0.4, 0.5) is 0 Å². The number of carbonyl (C=O) groups is 2. The molecule has 0 N–H and O–H groups in total. The Bertz CT molecular complexity index is 383. The highest BCUT2D eigenvalue weighted by Gasteiger charge is 2.60. The maximum Gasteiger partial charge on any atom is 0.326 e. The van der Waals surface area contributed by atoms with Crippen molar-refractivity contribution in [1.29, 1.82) is 0 Å². The van der Waals surface area contributed by atoms with Crippen LogP contribution in [0.25, 0.3) is 0 Å². The van der Waals surface area contributed by atoms with Gasteiger partial charge in [0.15, 0.2) is 4.75 Å². The van der Waals surface area contributed by atoms with Crippen LogP contribution >= 0.6 is 0 Å². The number of ether oxygens (including phenoxy) is 1. The monoisotopic (exact) mass is 221 g/mol. The van der Waals surface area contributed by atoms with E-state index in [0.29, 0.717) is 4.31 Å². The Morgan fingerprint density at radius 2 is 2.00 bits per heavy atom. The molecule has 1 heterocycles. The minimum Gasteiger partial charge on any atom is -0.468 e. The van der Waals surface area contributed by atoms with Gasteiger partial charge in [0, 0.05) is 0 Å². The van der Waals surface area contributed by atoms with E-state index in [0.717, 1.165) is 7.11 Å². The summed E-state index contributed by atoms with van der Waals surface area (Å²) >= 11 is 0. The predicted octanol–water partition coefficient (Wildman–Crippen LogP) is -0.890. The van der Waals surface area contributed by atoms with Gasteiger partial charge in [-0.3, -0.25) is 9.59 Å². The average molecular weight is 221 g/mol. The fourth-order valence-electron chi connectivity index (χ4n) is 1.09. The Morgan fingerprint density at radius 3 is 2.36 bits per heavy atom. The van der Waals surface area contributed by atoms with Crippen LogP contribution in [0, 0.1) is 0 Å². The minimum atomic E-state index is -3.67. The Kier molecular flexibility index (Phi) is 2.31. The van der Waals surface area contributed by atoms with Crippen LogP contribution < -0.4 is 0 Å². The van der Waals surface area contributed by atoms with Gasteiger partial charge in [0.05, 0.1) is 7.11 Å². The molecule has 0 aromatic carbocycles. The molecule has 0 atom stereocenters. The Labute approximate surface area is 81.9 Å². The molecule has 7 heteroatoms. The molecule has 0 spiro atoms. The van der Waals surface area contributed by atoms with E-state index in [4.69, 9.17) is 0 Å². The van der Waals surface area contributed by atoms with Gasteiger partial charge in [0.1, 0.15) is 6.54 Å². The Hall–Kier alpha value is -1.11. The first-order chi connectivity index (χ1) is 6.25. The number of hydrogen-bond acceptors (Lipinski definition) is 5. The smallest absolute Gasteiger partial charge is 0.326 e. The van der Waals surface area contributed by atoms with Crippen molar-refractivity contribution in [3.05, 3.63) is 0 Å². The first kappa shape index (κ1) is 11.0. The normalized spacial score (nSPS) is 22.8. The summed E-state index contributed by atoms with van der Waals surface area (Å²) in [5.41, 5.74) is 0. The molecular formula is C7H11NO5S. The van der Waals surface area contributed by atoms with Gasteiger partial charge in [-0.1, -0.05) is 0 Å². The fraction of sp³-hybridized carbons (Fsp3) is 0.714. The minimum absolute atomic E-state index is 0.527. The Morgan fingerprint density at radius 1 is 1.50 bits per heavy atom. The molecule has 1 aliphatic heterocycles. The maximum absolute atomic E-state index is 11.4. The molecule has 80 valence electrons. The second kappa shape index (κ2) is 2.94. The summed E-state index contributed by atoms with van der Waals surface area (Å²) < 4.78 is 26.2. The highest BCUT2D eigenvalue weighted by atomic mass is 32.2. The topological polar surface area (TPSA) is 80.8 Å². The molecular weight excluding hydrogens is 210 g/mol. The van der Waals surface area contributed by atoms with E-state index in [1.54, 1.807) is 0 Å². The number of methoxy groups -OCH3 is 1. The molecule has 0 radical (unpaired) electrons. The zero-order valence-corrected chi connectivity index (χ0v) is 8.92. The van der Waals surface area contributed by atoms with Crippen molar-refractivity contribution in [2.45, 2.75) is 18.6 Å². The molecule has 1 amide bonds. The van der Waals surface area contributed by atoms with Gasteiger partial charge in [-0.25, -0.2) is 12.7 Å². The number of amides is 1. The van der Waals surface area contributed by atoms with Crippen molar-refractivity contribution >= 4 is 21.9 Å². The third-order valence-electron chi connectivity index (χ3n) is 2.18. The van der Waals surface area contributed by atoms with E-state index < -0.39 is 33.2 Å². The summed E-state index contributed by atoms with van der Waals surface area (Å²) in [7, 11) is -2.54. The predicted molar refractivity (Wildman–Crippen MR) is 46.7 cm³/mol. The summed E-state index contributed by atoms with van der Waals surface area (Å²) in [4.78, 5) is 22.1. The van der Waals surface area contributed by atoms with Crippen LogP contribution in [0.1, 0.15) is 13.8 Å². The van der Waals surface area contributed by atoms with Gasteiger partial charge in [-0.05, 0) is 13.8 Å². The van der Waals surface area contributed by atoms with E-state index in [1.165, 1.54) is 13.8 Å². The zero-order chi connectivity index (χ0) is 11.1. The highest BCUT2D eigenvalue weighted by molar-refractivity contribution is 7.94. The molecule has 1 rings (SSSR count). The lowest BCUT2D eigenvalue weighted by Crippen LogP contribution is -2.68. The SMILES string of the molecule is COC(=O)CN1C(=O)C(C)(C)S1(=O)=O. The maximum atomic E-state index is 11.4. The van der Waals surface area contributed by atoms with Crippen LogP contribution in [0.2, 0.25) is 0 Å². The van der Waals surface area contributed by atoms with E-state index >= 15 is 0 Å². The lowest BCUT2D eigenvalue weighted by molar-refractivity contribution is -0.146. The number of nitrogens with zero attached hydrogens (tertiary/aromatic N) is 1. The molecule has 14 heavy (non-hydrogen) atoms. The molecule has 0 saturated carbocycles. The van der Waals surface area contributed by atoms with Crippen LogP contribution in [0.3, 0.4) is 0 Å². The molecule has 0 aliphatic carbocycles.